The number of hydrogen-bond donors (Lipinski definition) is 0. The topological polar surface area (TPSA) is 21.7 Å². The fraction of sp³-hybridized carbons (Fsp3) is 1.00. The number of ether oxygens (including phenoxy) is 2. The van der Waals surface area contributed by atoms with Crippen molar-refractivity contribution < 1.29 is 9.47 Å². The molecular formula is C9H19NO2. The Balaban J connectivity index is 2.34. The fourth-order valence-corrected chi connectivity index (χ4v) is 1.68. The minimum absolute atomic E-state index is 0.263. The van der Waals surface area contributed by atoms with Crippen molar-refractivity contribution in [2.45, 2.75) is 26.1 Å². The van der Waals surface area contributed by atoms with Crippen LogP contribution in [0.5, 0.6) is 0 Å². The second kappa shape index (κ2) is 4.80. The first-order chi connectivity index (χ1) is 5.76. The molecule has 1 aliphatic heterocycles. The van der Waals surface area contributed by atoms with Crippen LogP contribution >= 0.6 is 0 Å². The summed E-state index contributed by atoms with van der Waals surface area (Å²) in [5.41, 5.74) is 0. The van der Waals surface area contributed by atoms with Gasteiger partial charge in [0.15, 0.2) is 0 Å². The van der Waals surface area contributed by atoms with Crippen LogP contribution in [0.3, 0.4) is 0 Å². The summed E-state index contributed by atoms with van der Waals surface area (Å²) in [6, 6.07) is 0. The molecule has 0 saturated carbocycles. The van der Waals surface area contributed by atoms with Crippen LogP contribution in [0.15, 0.2) is 0 Å². The van der Waals surface area contributed by atoms with Gasteiger partial charge in [0.05, 0.1) is 18.8 Å². The van der Waals surface area contributed by atoms with Gasteiger partial charge in [-0.25, -0.2) is 0 Å². The molecule has 1 saturated heterocycles. The Morgan fingerprint density at radius 3 is 2.83 bits per heavy atom. The molecule has 72 valence electrons. The Hall–Kier alpha value is -0.120. The molecule has 0 aromatic rings. The summed E-state index contributed by atoms with van der Waals surface area (Å²) in [6.07, 6.45) is 0.609. The van der Waals surface area contributed by atoms with Gasteiger partial charge in [0.1, 0.15) is 0 Å². The maximum absolute atomic E-state index is 5.69. The van der Waals surface area contributed by atoms with E-state index in [-0.39, 0.29) is 6.10 Å². The maximum Gasteiger partial charge on any atom is 0.0939 e. The SMILES string of the molecule is CCN1CC(C)OC(COC)C1. The zero-order valence-corrected chi connectivity index (χ0v) is 8.25. The molecule has 1 heterocycles. The number of hydrogen-bond acceptors (Lipinski definition) is 3. The maximum atomic E-state index is 5.69. The van der Waals surface area contributed by atoms with Crippen LogP contribution in [0.2, 0.25) is 0 Å². The second-order valence-electron chi connectivity index (χ2n) is 3.38. The molecule has 3 nitrogen and oxygen atoms in total. The minimum atomic E-state index is 0.263. The first-order valence-corrected chi connectivity index (χ1v) is 4.63. The Labute approximate surface area is 74.6 Å². The fourth-order valence-electron chi connectivity index (χ4n) is 1.68. The van der Waals surface area contributed by atoms with Crippen LogP contribution in [-0.2, 0) is 9.47 Å². The van der Waals surface area contributed by atoms with E-state index in [1.165, 1.54) is 0 Å². The molecule has 1 fully saturated rings. The summed E-state index contributed by atoms with van der Waals surface area (Å²) >= 11 is 0. The third-order valence-corrected chi connectivity index (χ3v) is 2.20. The largest absolute Gasteiger partial charge is 0.382 e. The van der Waals surface area contributed by atoms with E-state index in [9.17, 15) is 0 Å². The van der Waals surface area contributed by atoms with E-state index >= 15 is 0 Å². The highest BCUT2D eigenvalue weighted by Crippen LogP contribution is 2.10. The molecule has 0 spiro atoms. The van der Waals surface area contributed by atoms with Crippen molar-refractivity contribution in [3.05, 3.63) is 0 Å². The normalized spacial score (nSPS) is 32.2. The highest BCUT2D eigenvalue weighted by Gasteiger charge is 2.23. The zero-order valence-electron chi connectivity index (χ0n) is 8.25. The van der Waals surface area contributed by atoms with Gasteiger partial charge in [-0.15, -0.1) is 0 Å². The highest BCUT2D eigenvalue weighted by atomic mass is 16.5. The molecule has 0 radical (unpaired) electrons. The van der Waals surface area contributed by atoms with Crippen LogP contribution in [0.25, 0.3) is 0 Å². The molecule has 3 heteroatoms. The van der Waals surface area contributed by atoms with Gasteiger partial charge in [0.25, 0.3) is 0 Å². The predicted octanol–water partition coefficient (Wildman–Crippen LogP) is 0.742. The molecule has 2 atom stereocenters. The van der Waals surface area contributed by atoms with Crippen LogP contribution in [-0.4, -0.2) is 50.5 Å². The summed E-state index contributed by atoms with van der Waals surface area (Å²) in [5, 5.41) is 0. The number of morpholine rings is 1. The van der Waals surface area contributed by atoms with Crippen molar-refractivity contribution >= 4 is 0 Å². The van der Waals surface area contributed by atoms with Crippen molar-refractivity contribution in [3.63, 3.8) is 0 Å². The average molecular weight is 173 g/mol. The lowest BCUT2D eigenvalue weighted by molar-refractivity contribution is -0.0996. The monoisotopic (exact) mass is 173 g/mol. The zero-order chi connectivity index (χ0) is 8.97. The first-order valence-electron chi connectivity index (χ1n) is 4.63. The highest BCUT2D eigenvalue weighted by molar-refractivity contribution is 4.74. The number of methoxy groups -OCH3 is 1. The molecule has 0 amide bonds. The molecule has 0 aromatic heterocycles. The van der Waals surface area contributed by atoms with E-state index in [0.29, 0.717) is 12.7 Å². The van der Waals surface area contributed by atoms with E-state index in [0.717, 1.165) is 19.6 Å². The molecule has 12 heavy (non-hydrogen) atoms. The van der Waals surface area contributed by atoms with Gasteiger partial charge in [-0.05, 0) is 13.5 Å². The Morgan fingerprint density at radius 1 is 1.50 bits per heavy atom. The quantitative estimate of drug-likeness (QED) is 0.628. The Bertz CT molecular complexity index is 130. The molecule has 2 unspecified atom stereocenters. The molecule has 0 N–H and O–H groups in total. The Kier molecular flexibility index (Phi) is 3.98. The number of nitrogens with zero attached hydrogens (tertiary/aromatic N) is 1. The van der Waals surface area contributed by atoms with Gasteiger partial charge in [-0.3, -0.25) is 4.90 Å². The van der Waals surface area contributed by atoms with E-state index in [1.807, 2.05) is 0 Å². The van der Waals surface area contributed by atoms with Crippen molar-refractivity contribution in [3.8, 4) is 0 Å². The van der Waals surface area contributed by atoms with Gasteiger partial charge in [0.2, 0.25) is 0 Å². The van der Waals surface area contributed by atoms with Crippen LogP contribution in [0.4, 0.5) is 0 Å². The van der Waals surface area contributed by atoms with E-state index in [4.69, 9.17) is 9.47 Å². The standard InChI is InChI=1S/C9H19NO2/c1-4-10-5-8(2)12-9(6-10)7-11-3/h8-9H,4-7H2,1-3H3. The average Bonchev–Trinajstić information content (AvgIpc) is 2.04. The minimum Gasteiger partial charge on any atom is -0.382 e. The number of rotatable bonds is 3. The van der Waals surface area contributed by atoms with Crippen molar-refractivity contribution in [1.29, 1.82) is 0 Å². The lowest BCUT2D eigenvalue weighted by atomic mass is 10.2. The van der Waals surface area contributed by atoms with Gasteiger partial charge in [0, 0.05) is 20.2 Å². The lowest BCUT2D eigenvalue weighted by Crippen LogP contribution is -2.47. The molecule has 0 bridgehead atoms. The molecule has 0 aliphatic carbocycles. The van der Waals surface area contributed by atoms with Crippen molar-refractivity contribution in [2.75, 3.05) is 33.4 Å². The second-order valence-corrected chi connectivity index (χ2v) is 3.38. The first kappa shape index (κ1) is 9.96. The Morgan fingerprint density at radius 2 is 2.25 bits per heavy atom. The summed E-state index contributed by atoms with van der Waals surface area (Å²) in [6.45, 7) is 8.17. The number of likely N-dealkylation sites (N-methyl/N-ethyl adjacent to an activating group) is 1. The van der Waals surface area contributed by atoms with Gasteiger partial charge >= 0.3 is 0 Å². The summed E-state index contributed by atoms with van der Waals surface area (Å²) < 4.78 is 10.8. The third kappa shape index (κ3) is 2.73. The van der Waals surface area contributed by atoms with Crippen LogP contribution in [0, 0.1) is 0 Å². The smallest absolute Gasteiger partial charge is 0.0939 e. The molecule has 0 aromatic carbocycles. The third-order valence-electron chi connectivity index (χ3n) is 2.20. The summed E-state index contributed by atoms with van der Waals surface area (Å²) in [4.78, 5) is 2.40. The molecular weight excluding hydrogens is 154 g/mol. The van der Waals surface area contributed by atoms with Crippen molar-refractivity contribution in [2.24, 2.45) is 0 Å². The molecule has 1 aliphatic rings. The summed E-state index contributed by atoms with van der Waals surface area (Å²) in [5.74, 6) is 0. The predicted molar refractivity (Wildman–Crippen MR) is 48.3 cm³/mol. The van der Waals surface area contributed by atoms with Crippen molar-refractivity contribution in [1.82, 2.24) is 4.90 Å². The van der Waals surface area contributed by atoms with Gasteiger partial charge < -0.3 is 9.47 Å². The summed E-state index contributed by atoms with van der Waals surface area (Å²) in [7, 11) is 1.72. The lowest BCUT2D eigenvalue weighted by Gasteiger charge is -2.35. The van der Waals surface area contributed by atoms with Gasteiger partial charge in [-0.1, -0.05) is 6.92 Å². The molecule has 1 rings (SSSR count). The van der Waals surface area contributed by atoms with Crippen LogP contribution in [0.1, 0.15) is 13.8 Å². The van der Waals surface area contributed by atoms with E-state index in [2.05, 4.69) is 18.7 Å². The van der Waals surface area contributed by atoms with Gasteiger partial charge in [-0.2, -0.15) is 0 Å². The van der Waals surface area contributed by atoms with E-state index < -0.39 is 0 Å². The van der Waals surface area contributed by atoms with Crippen LogP contribution < -0.4 is 0 Å². The van der Waals surface area contributed by atoms with E-state index in [1.54, 1.807) is 7.11 Å².